The molecule has 0 radical (unpaired) electrons. The van der Waals surface area contributed by atoms with Gasteiger partial charge in [-0.2, -0.15) is 0 Å². The van der Waals surface area contributed by atoms with Gasteiger partial charge >= 0.3 is 5.97 Å². The molecule has 2 N–H and O–H groups in total. The number of nitrogens with zero attached hydrogens (tertiary/aromatic N) is 2. The maximum atomic E-state index is 14.4. The van der Waals surface area contributed by atoms with Crippen molar-refractivity contribution >= 4 is 45.5 Å². The van der Waals surface area contributed by atoms with Crippen LogP contribution in [0.5, 0.6) is 0 Å². The Kier molecular flexibility index (Phi) is 7.91. The molecule has 3 heterocycles. The molecule has 6 atom stereocenters. The third kappa shape index (κ3) is 4.69. The molecule has 0 aliphatic carbocycles. The number of hydrogen-bond acceptors (Lipinski definition) is 5. The predicted octanol–water partition coefficient (Wildman–Crippen LogP) is 3.54. The van der Waals surface area contributed by atoms with E-state index in [1.807, 2.05) is 18.7 Å². The number of halogens is 1. The number of carbonyl (C=O) groups is 3. The van der Waals surface area contributed by atoms with Crippen molar-refractivity contribution in [2.75, 3.05) is 19.7 Å². The normalized spacial score (nSPS) is 32.7. The molecule has 0 aromatic carbocycles. The largest absolute Gasteiger partial charge is 0.481 e. The second-order valence-corrected chi connectivity index (χ2v) is 14.5. The molecule has 3 rings (SSSR count). The minimum absolute atomic E-state index is 0.00840. The van der Waals surface area contributed by atoms with Crippen LogP contribution in [-0.2, 0) is 14.4 Å². The summed E-state index contributed by atoms with van der Waals surface area (Å²) in [5, 5.41) is 19.1. The first-order valence-electron chi connectivity index (χ1n) is 12.1. The predicted molar refractivity (Wildman–Crippen MR) is 138 cm³/mol. The van der Waals surface area contributed by atoms with E-state index in [0.717, 1.165) is 6.42 Å². The Hall–Kier alpha value is -1.06. The van der Waals surface area contributed by atoms with Crippen LogP contribution in [-0.4, -0.2) is 83.9 Å². The summed E-state index contributed by atoms with van der Waals surface area (Å²) in [6.07, 6.45) is 4.14. The van der Waals surface area contributed by atoms with Crippen LogP contribution in [0.15, 0.2) is 12.7 Å². The number of carboxylic acid groups (broad SMARTS) is 1. The third-order valence-electron chi connectivity index (χ3n) is 7.39. The molecule has 3 fully saturated rings. The highest BCUT2D eigenvalue weighted by molar-refractivity contribution is 9.09. The second-order valence-electron chi connectivity index (χ2n) is 11.8. The number of unbranched alkanes of at least 4 members (excludes halogenated alkanes) is 1. The van der Waals surface area contributed by atoms with Gasteiger partial charge in [-0.3, -0.25) is 14.4 Å². The highest BCUT2D eigenvalue weighted by Gasteiger charge is 2.76. The zero-order chi connectivity index (χ0) is 25.6. The molecule has 7 nitrogen and oxygen atoms in total. The van der Waals surface area contributed by atoms with Gasteiger partial charge < -0.3 is 20.0 Å². The van der Waals surface area contributed by atoms with Crippen LogP contribution < -0.4 is 0 Å². The number of likely N-dealkylation sites (tertiary alicyclic amines) is 1. The number of aliphatic hydroxyl groups is 1. The lowest BCUT2D eigenvalue weighted by Crippen LogP contribution is -2.60. The molecule has 3 saturated heterocycles. The molecule has 0 aromatic heterocycles. The van der Waals surface area contributed by atoms with Gasteiger partial charge in [0.05, 0.1) is 16.6 Å². The highest BCUT2D eigenvalue weighted by atomic mass is 79.9. The quantitative estimate of drug-likeness (QED) is 0.242. The summed E-state index contributed by atoms with van der Waals surface area (Å²) in [6, 6.07) is -0.734. The van der Waals surface area contributed by atoms with E-state index >= 15 is 0 Å². The Morgan fingerprint density at radius 3 is 2.47 bits per heavy atom. The van der Waals surface area contributed by atoms with E-state index in [9.17, 15) is 24.6 Å². The molecule has 34 heavy (non-hydrogen) atoms. The first kappa shape index (κ1) is 27.5. The maximum absolute atomic E-state index is 14.4. The van der Waals surface area contributed by atoms with E-state index in [2.05, 4.69) is 43.3 Å². The van der Waals surface area contributed by atoms with Crippen molar-refractivity contribution in [3.63, 3.8) is 0 Å². The SMILES string of the molecule is C=CCN(C(=O)C1N(CCCCO)C(=O)[C@@H]2[C@@H](C(=O)O)[C@@H]3SC12CC3Br)C(C)(C)CC(C)(C)C. The van der Waals surface area contributed by atoms with Crippen LogP contribution in [0.4, 0.5) is 0 Å². The van der Waals surface area contributed by atoms with Gasteiger partial charge in [-0.25, -0.2) is 0 Å². The van der Waals surface area contributed by atoms with Gasteiger partial charge in [-0.1, -0.05) is 42.8 Å². The fourth-order valence-electron chi connectivity index (χ4n) is 6.63. The minimum atomic E-state index is -0.971. The number of alkyl halides is 1. The van der Waals surface area contributed by atoms with Gasteiger partial charge in [0.25, 0.3) is 0 Å². The molecule has 2 amide bonds. The lowest BCUT2D eigenvalue weighted by molar-refractivity contribution is -0.149. The van der Waals surface area contributed by atoms with E-state index in [0.29, 0.717) is 32.4 Å². The molecule has 3 aliphatic heterocycles. The van der Waals surface area contributed by atoms with E-state index in [4.69, 9.17) is 0 Å². The summed E-state index contributed by atoms with van der Waals surface area (Å²) in [6.45, 7) is 15.1. The van der Waals surface area contributed by atoms with Crippen molar-refractivity contribution in [2.45, 2.75) is 86.7 Å². The van der Waals surface area contributed by atoms with Crippen LogP contribution in [0.1, 0.15) is 60.3 Å². The molecular weight excluding hydrogens is 520 g/mol. The summed E-state index contributed by atoms with van der Waals surface area (Å²) in [5.41, 5.74) is -0.508. The number of rotatable bonds is 10. The number of carboxylic acids is 1. The Morgan fingerprint density at radius 1 is 1.29 bits per heavy atom. The molecule has 0 aromatic rings. The van der Waals surface area contributed by atoms with E-state index < -0.39 is 34.1 Å². The number of fused-ring (bicyclic) bond motifs is 1. The van der Waals surface area contributed by atoms with Crippen LogP contribution in [0, 0.1) is 17.3 Å². The number of aliphatic hydroxyl groups excluding tert-OH is 1. The Bertz CT molecular complexity index is 844. The zero-order valence-corrected chi connectivity index (χ0v) is 23.3. The third-order valence-corrected chi connectivity index (χ3v) is 10.6. The van der Waals surface area contributed by atoms with Gasteiger partial charge in [0, 0.05) is 35.3 Å². The van der Waals surface area contributed by atoms with Crippen molar-refractivity contribution in [1.82, 2.24) is 9.80 Å². The van der Waals surface area contributed by atoms with Crippen molar-refractivity contribution in [2.24, 2.45) is 17.3 Å². The average molecular weight is 560 g/mol. The molecule has 0 saturated carbocycles. The number of carbonyl (C=O) groups excluding carboxylic acids is 2. The fourth-order valence-corrected chi connectivity index (χ4v) is 10.2. The molecule has 3 aliphatic rings. The summed E-state index contributed by atoms with van der Waals surface area (Å²) < 4.78 is -0.771. The molecule has 192 valence electrons. The number of aliphatic carboxylic acids is 1. The highest BCUT2D eigenvalue weighted by Crippen LogP contribution is 2.68. The van der Waals surface area contributed by atoms with Gasteiger partial charge in [0.1, 0.15) is 6.04 Å². The van der Waals surface area contributed by atoms with Gasteiger partial charge in [-0.05, 0) is 44.9 Å². The van der Waals surface area contributed by atoms with Crippen LogP contribution in [0.25, 0.3) is 0 Å². The monoisotopic (exact) mass is 558 g/mol. The summed E-state index contributed by atoms with van der Waals surface area (Å²) >= 11 is 5.20. The Balaban J connectivity index is 2.07. The summed E-state index contributed by atoms with van der Waals surface area (Å²) in [4.78, 5) is 43.8. The smallest absolute Gasteiger partial charge is 0.308 e. The molecule has 9 heteroatoms. The van der Waals surface area contributed by atoms with Crippen LogP contribution in [0.3, 0.4) is 0 Å². The molecule has 2 bridgehead atoms. The fraction of sp³-hybridized carbons (Fsp3) is 0.800. The molecule has 1 spiro atoms. The van der Waals surface area contributed by atoms with Crippen LogP contribution in [0.2, 0.25) is 0 Å². The molecule has 3 unspecified atom stereocenters. The lowest BCUT2D eigenvalue weighted by Gasteiger charge is -2.46. The Morgan fingerprint density at radius 2 is 1.94 bits per heavy atom. The van der Waals surface area contributed by atoms with Gasteiger partial charge in [-0.15, -0.1) is 18.3 Å². The van der Waals surface area contributed by atoms with Crippen molar-refractivity contribution in [1.29, 1.82) is 0 Å². The standard InChI is InChI=1S/C25H39BrN2O5S/c1-7-10-28(24(5,6)14-23(2,3)4)21(31)19-25-13-15(26)18(34-25)16(22(32)33)17(25)20(30)27(19)11-8-9-12-29/h7,15-19,29H,1,8-14H2,2-6H3,(H,32,33)/t15?,16-,17+,18-,19?,25?/m1/s1. The first-order valence-corrected chi connectivity index (χ1v) is 13.9. The topological polar surface area (TPSA) is 98.2 Å². The summed E-state index contributed by atoms with van der Waals surface area (Å²) in [7, 11) is 0. The second kappa shape index (κ2) is 9.77. The van der Waals surface area contributed by atoms with Crippen molar-refractivity contribution < 1.29 is 24.6 Å². The summed E-state index contributed by atoms with van der Waals surface area (Å²) in [5.74, 6) is -2.86. The number of amides is 2. The zero-order valence-electron chi connectivity index (χ0n) is 20.9. The minimum Gasteiger partial charge on any atom is -0.481 e. The molecular formula is C25H39BrN2O5S. The average Bonchev–Trinajstić information content (AvgIpc) is 3.28. The first-order chi connectivity index (χ1) is 15.7. The van der Waals surface area contributed by atoms with E-state index in [-0.39, 0.29) is 33.9 Å². The number of hydrogen-bond donors (Lipinski definition) is 2. The van der Waals surface area contributed by atoms with E-state index in [1.54, 1.807) is 11.0 Å². The van der Waals surface area contributed by atoms with Crippen molar-refractivity contribution in [3.8, 4) is 0 Å². The van der Waals surface area contributed by atoms with Gasteiger partial charge in [0.2, 0.25) is 11.8 Å². The lowest BCUT2D eigenvalue weighted by atomic mass is 9.70. The number of thioether (sulfide) groups is 1. The maximum Gasteiger partial charge on any atom is 0.308 e. The van der Waals surface area contributed by atoms with Crippen molar-refractivity contribution in [3.05, 3.63) is 12.7 Å². The Labute approximate surface area is 215 Å². The van der Waals surface area contributed by atoms with Gasteiger partial charge in [0.15, 0.2) is 0 Å². The van der Waals surface area contributed by atoms with Crippen LogP contribution >= 0.6 is 27.7 Å². The van der Waals surface area contributed by atoms with E-state index in [1.165, 1.54) is 11.8 Å².